The molecule has 1 nitrogen and oxygen atoms in total. The highest BCUT2D eigenvalue weighted by atomic mass is 15.0. The van der Waals surface area contributed by atoms with Crippen LogP contribution >= 0.6 is 0 Å². The molecule has 0 aliphatic carbocycles. The van der Waals surface area contributed by atoms with Crippen molar-refractivity contribution in [2.45, 2.75) is 6.92 Å². The third-order valence-corrected chi connectivity index (χ3v) is 0.632. The largest absolute Gasteiger partial charge is 0.310 e. The molecular weight excluding hydrogens is 74.1 g/mol. The average Bonchev–Trinajstić information content (AvgIpc) is 1.38. The van der Waals surface area contributed by atoms with Crippen molar-refractivity contribution in [1.82, 2.24) is 4.90 Å². The van der Waals surface area contributed by atoms with Gasteiger partial charge in [0.25, 0.3) is 0 Å². The number of hydrogen-bond donors (Lipinski definition) is 0. The molecule has 0 saturated heterocycles. The lowest BCUT2D eigenvalue weighted by Crippen LogP contribution is -2.08. The van der Waals surface area contributed by atoms with Crippen molar-refractivity contribution in [3.8, 4) is 0 Å². The van der Waals surface area contributed by atoms with Crippen LogP contribution in [0.1, 0.15) is 6.92 Å². The van der Waals surface area contributed by atoms with E-state index in [1.807, 2.05) is 0 Å². The Hall–Kier alpha value is -0.0400. The Balaban J connectivity index is 0. The lowest BCUT2D eigenvalue weighted by Gasteiger charge is -2.00. The minimum atomic E-state index is 0. The minimum Gasteiger partial charge on any atom is -0.310 e. The summed E-state index contributed by atoms with van der Waals surface area (Å²) >= 11 is 0. The maximum Gasteiger partial charge on any atom is -0.00533 e. The Morgan fingerprint density at radius 2 is 1.50 bits per heavy atom. The summed E-state index contributed by atoms with van der Waals surface area (Å²) in [6.45, 7) is 3.26. The Labute approximate surface area is 41.0 Å². The molecule has 0 atom stereocenters. The summed E-state index contributed by atoms with van der Waals surface area (Å²) in [5.74, 6) is 0. The zero-order valence-corrected chi connectivity index (χ0v) is 5.15. The Morgan fingerprint density at radius 1 is 1.33 bits per heavy atom. The van der Waals surface area contributed by atoms with E-state index in [-0.39, 0.29) is 7.43 Å². The lowest BCUT2D eigenvalue weighted by molar-refractivity contribution is 0.434. The smallest absolute Gasteiger partial charge is 0.00533 e. The molecule has 6 heavy (non-hydrogen) atoms. The first-order valence-corrected chi connectivity index (χ1v) is 1.92. The van der Waals surface area contributed by atoms with E-state index in [2.05, 4.69) is 25.9 Å². The van der Waals surface area contributed by atoms with Gasteiger partial charge in [0.2, 0.25) is 0 Å². The van der Waals surface area contributed by atoms with Crippen molar-refractivity contribution in [1.29, 1.82) is 0 Å². The lowest BCUT2D eigenvalue weighted by atomic mass is 10.7. The van der Waals surface area contributed by atoms with E-state index in [4.69, 9.17) is 0 Å². The van der Waals surface area contributed by atoms with Gasteiger partial charge in [-0.2, -0.15) is 0 Å². The van der Waals surface area contributed by atoms with Gasteiger partial charge in [-0.1, -0.05) is 14.4 Å². The van der Waals surface area contributed by atoms with Crippen LogP contribution in [0.2, 0.25) is 0 Å². The first-order valence-electron chi connectivity index (χ1n) is 1.92. The molecule has 0 aliphatic heterocycles. The van der Waals surface area contributed by atoms with Gasteiger partial charge >= 0.3 is 0 Å². The van der Waals surface area contributed by atoms with Crippen molar-refractivity contribution in [3.05, 3.63) is 7.43 Å². The van der Waals surface area contributed by atoms with E-state index in [9.17, 15) is 0 Å². The van der Waals surface area contributed by atoms with Crippen LogP contribution in [-0.4, -0.2) is 25.5 Å². The predicted molar refractivity (Wildman–Crippen MR) is 30.6 cm³/mol. The summed E-state index contributed by atoms with van der Waals surface area (Å²) in [5.41, 5.74) is 0. The van der Waals surface area contributed by atoms with Gasteiger partial charge in [0, 0.05) is 0 Å². The molecule has 0 saturated carbocycles. The van der Waals surface area contributed by atoms with Crippen molar-refractivity contribution in [2.75, 3.05) is 20.6 Å². The summed E-state index contributed by atoms with van der Waals surface area (Å²) < 4.78 is 0. The molecule has 0 aromatic rings. The van der Waals surface area contributed by atoms with Crippen LogP contribution in [0.5, 0.6) is 0 Å². The summed E-state index contributed by atoms with van der Waals surface area (Å²) in [7, 11) is 4.11. The van der Waals surface area contributed by atoms with E-state index in [1.54, 1.807) is 0 Å². The van der Waals surface area contributed by atoms with Crippen LogP contribution < -0.4 is 0 Å². The molecule has 0 rings (SSSR count). The van der Waals surface area contributed by atoms with E-state index < -0.39 is 0 Å². The third-order valence-electron chi connectivity index (χ3n) is 0.632. The molecule has 0 aromatic carbocycles. The first kappa shape index (κ1) is 9.35. The molecule has 1 heteroatoms. The second-order valence-electron chi connectivity index (χ2n) is 1.40. The normalized spacial score (nSPS) is 8.00. The van der Waals surface area contributed by atoms with Crippen molar-refractivity contribution < 1.29 is 0 Å². The predicted octanol–water partition coefficient (Wildman–Crippen LogP) is 1.02. The Bertz CT molecular complexity index is 17.9. The molecule has 0 aliphatic rings. The Kier molecular flexibility index (Phi) is 7.73. The van der Waals surface area contributed by atoms with Crippen molar-refractivity contribution in [3.63, 3.8) is 0 Å². The zero-order valence-electron chi connectivity index (χ0n) is 5.15. The fourth-order valence-electron chi connectivity index (χ4n) is 0. The molecule has 0 unspecified atom stereocenters. The minimum absolute atomic E-state index is 0. The van der Waals surface area contributed by atoms with Gasteiger partial charge < -0.3 is 4.90 Å². The molecule has 0 spiro atoms. The van der Waals surface area contributed by atoms with E-state index in [0.29, 0.717) is 0 Å². The zero-order chi connectivity index (χ0) is 4.28. The number of rotatable bonds is 1. The third kappa shape index (κ3) is 9.03. The van der Waals surface area contributed by atoms with E-state index in [0.717, 1.165) is 6.54 Å². The molecule has 0 bridgehead atoms. The molecule has 0 heterocycles. The molecule has 39 valence electrons. The summed E-state index contributed by atoms with van der Waals surface area (Å²) in [6.07, 6.45) is 0. The second-order valence-corrected chi connectivity index (χ2v) is 1.40. The van der Waals surface area contributed by atoms with Gasteiger partial charge in [-0.25, -0.2) is 0 Å². The fourth-order valence-corrected chi connectivity index (χ4v) is 0. The maximum atomic E-state index is 2.12. The summed E-state index contributed by atoms with van der Waals surface area (Å²) in [5, 5.41) is 0. The number of hydrogen-bond acceptors (Lipinski definition) is 1. The van der Waals surface area contributed by atoms with Crippen LogP contribution in [-0.2, 0) is 0 Å². The first-order chi connectivity index (χ1) is 2.27. The van der Waals surface area contributed by atoms with Gasteiger partial charge in [-0.05, 0) is 20.6 Å². The standard InChI is InChI=1S/C4H11N.CH3/c1-4-5(2)3;/h4H2,1-3H3;1H3. The molecular formula is C5H14N. The van der Waals surface area contributed by atoms with Gasteiger partial charge in [0.15, 0.2) is 0 Å². The van der Waals surface area contributed by atoms with Crippen LogP contribution in [0.3, 0.4) is 0 Å². The molecule has 0 N–H and O–H groups in total. The van der Waals surface area contributed by atoms with Crippen LogP contribution in [0.4, 0.5) is 0 Å². The average molecular weight is 88.2 g/mol. The highest BCUT2D eigenvalue weighted by Crippen LogP contribution is 1.63. The van der Waals surface area contributed by atoms with Crippen LogP contribution in [0.15, 0.2) is 0 Å². The molecule has 1 radical (unpaired) electrons. The second kappa shape index (κ2) is 4.96. The van der Waals surface area contributed by atoms with Crippen LogP contribution in [0, 0.1) is 7.43 Å². The fraction of sp³-hybridized carbons (Fsp3) is 0.800. The molecule has 0 aromatic heterocycles. The van der Waals surface area contributed by atoms with E-state index in [1.165, 1.54) is 0 Å². The topological polar surface area (TPSA) is 3.24 Å². The highest BCUT2D eigenvalue weighted by Gasteiger charge is 1.72. The van der Waals surface area contributed by atoms with Crippen molar-refractivity contribution >= 4 is 0 Å². The van der Waals surface area contributed by atoms with Gasteiger partial charge in [-0.15, -0.1) is 0 Å². The van der Waals surface area contributed by atoms with Gasteiger partial charge in [-0.3, -0.25) is 0 Å². The highest BCUT2D eigenvalue weighted by molar-refractivity contribution is 4.25. The Morgan fingerprint density at radius 3 is 1.50 bits per heavy atom. The molecule has 0 amide bonds. The van der Waals surface area contributed by atoms with Crippen LogP contribution in [0.25, 0.3) is 0 Å². The van der Waals surface area contributed by atoms with Gasteiger partial charge in [0.1, 0.15) is 0 Å². The number of nitrogens with zero attached hydrogens (tertiary/aromatic N) is 1. The van der Waals surface area contributed by atoms with Crippen molar-refractivity contribution in [2.24, 2.45) is 0 Å². The van der Waals surface area contributed by atoms with E-state index >= 15 is 0 Å². The summed E-state index contributed by atoms with van der Waals surface area (Å²) in [4.78, 5) is 2.12. The summed E-state index contributed by atoms with van der Waals surface area (Å²) in [6, 6.07) is 0. The van der Waals surface area contributed by atoms with Gasteiger partial charge in [0.05, 0.1) is 0 Å². The monoisotopic (exact) mass is 88.1 g/mol. The SMILES string of the molecule is CCN(C)C.[CH3]. The molecule has 0 fully saturated rings. The quantitative estimate of drug-likeness (QED) is 0.462. The maximum absolute atomic E-state index is 2.12.